The van der Waals surface area contributed by atoms with Crippen molar-refractivity contribution in [3.63, 3.8) is 0 Å². The van der Waals surface area contributed by atoms with Crippen LogP contribution in [0.5, 0.6) is 5.75 Å². The minimum atomic E-state index is 0.716. The van der Waals surface area contributed by atoms with Gasteiger partial charge in [-0.1, -0.05) is 17.7 Å². The van der Waals surface area contributed by atoms with E-state index in [9.17, 15) is 0 Å². The molecular weight excluding hydrogens is 314 g/mol. The molecule has 2 heterocycles. The zero-order valence-corrected chi connectivity index (χ0v) is 14.0. The maximum atomic E-state index is 5.18. The number of nitrogens with one attached hydrogen (secondary N) is 1. The largest absolute Gasteiger partial charge is 0.497 e. The van der Waals surface area contributed by atoms with E-state index < -0.39 is 0 Å². The van der Waals surface area contributed by atoms with Crippen LogP contribution >= 0.6 is 0 Å². The van der Waals surface area contributed by atoms with Gasteiger partial charge in [0.05, 0.1) is 24.4 Å². The number of aryl methyl sites for hydroxylation is 1. The molecule has 0 unspecified atom stereocenters. The number of nitrogens with zero attached hydrogens (tertiary/aromatic N) is 4. The number of hydrogen-bond donors (Lipinski definition) is 1. The molecule has 4 aromatic rings. The Hall–Kier alpha value is -3.41. The summed E-state index contributed by atoms with van der Waals surface area (Å²) in [6.07, 6.45) is 3.32. The van der Waals surface area contributed by atoms with Crippen molar-refractivity contribution in [2.75, 3.05) is 12.4 Å². The maximum absolute atomic E-state index is 5.18. The van der Waals surface area contributed by atoms with E-state index in [4.69, 9.17) is 4.74 Å². The summed E-state index contributed by atoms with van der Waals surface area (Å²) in [6.45, 7) is 2.06. The predicted molar refractivity (Wildman–Crippen MR) is 97.7 cm³/mol. The van der Waals surface area contributed by atoms with E-state index in [-0.39, 0.29) is 0 Å². The van der Waals surface area contributed by atoms with E-state index in [0.29, 0.717) is 5.82 Å². The number of fused-ring (bicyclic) bond motifs is 1. The van der Waals surface area contributed by atoms with Gasteiger partial charge in [0.25, 0.3) is 0 Å². The molecule has 0 atom stereocenters. The summed E-state index contributed by atoms with van der Waals surface area (Å²) in [4.78, 5) is 8.76. The van der Waals surface area contributed by atoms with Gasteiger partial charge in [0.1, 0.15) is 17.9 Å². The van der Waals surface area contributed by atoms with Crippen molar-refractivity contribution in [3.8, 4) is 11.4 Å². The Morgan fingerprint density at radius 2 is 1.72 bits per heavy atom. The van der Waals surface area contributed by atoms with Gasteiger partial charge in [-0.3, -0.25) is 0 Å². The molecule has 0 spiro atoms. The first-order chi connectivity index (χ1) is 12.2. The second-order valence-electron chi connectivity index (χ2n) is 5.70. The molecule has 6 heteroatoms. The summed E-state index contributed by atoms with van der Waals surface area (Å²) in [5.74, 6) is 1.53. The van der Waals surface area contributed by atoms with Crippen LogP contribution in [0.1, 0.15) is 5.56 Å². The molecule has 0 saturated heterocycles. The van der Waals surface area contributed by atoms with Gasteiger partial charge >= 0.3 is 0 Å². The molecule has 0 aliphatic rings. The highest BCUT2D eigenvalue weighted by atomic mass is 16.5. The Morgan fingerprint density at radius 1 is 0.960 bits per heavy atom. The van der Waals surface area contributed by atoms with Gasteiger partial charge in [-0.2, -0.15) is 5.10 Å². The van der Waals surface area contributed by atoms with Gasteiger partial charge in [-0.25, -0.2) is 14.6 Å². The van der Waals surface area contributed by atoms with Gasteiger partial charge in [-0.15, -0.1) is 0 Å². The van der Waals surface area contributed by atoms with Crippen LogP contribution in [0.3, 0.4) is 0 Å². The van der Waals surface area contributed by atoms with Gasteiger partial charge in [0.2, 0.25) is 0 Å². The van der Waals surface area contributed by atoms with Crippen LogP contribution in [0.25, 0.3) is 16.7 Å². The van der Waals surface area contributed by atoms with Crippen molar-refractivity contribution in [2.45, 2.75) is 6.92 Å². The first-order valence-electron chi connectivity index (χ1n) is 7.91. The zero-order valence-electron chi connectivity index (χ0n) is 14.0. The number of rotatable bonds is 4. The Bertz CT molecular complexity index is 1010. The lowest BCUT2D eigenvalue weighted by Gasteiger charge is -2.08. The highest BCUT2D eigenvalue weighted by Crippen LogP contribution is 2.25. The molecule has 2 aromatic heterocycles. The minimum Gasteiger partial charge on any atom is -0.497 e. The average molecular weight is 331 g/mol. The Morgan fingerprint density at radius 3 is 2.44 bits per heavy atom. The molecular formula is C19H17N5O. The van der Waals surface area contributed by atoms with Crippen LogP contribution in [-0.2, 0) is 0 Å². The maximum Gasteiger partial charge on any atom is 0.168 e. The summed E-state index contributed by atoms with van der Waals surface area (Å²) in [5.41, 5.74) is 3.85. The smallest absolute Gasteiger partial charge is 0.168 e. The molecule has 124 valence electrons. The SMILES string of the molecule is COc1ccc(Nc2ncnc3c2cnn3-c2ccc(C)cc2)cc1. The summed E-state index contributed by atoms with van der Waals surface area (Å²) >= 11 is 0. The summed E-state index contributed by atoms with van der Waals surface area (Å²) in [5, 5.41) is 8.65. The molecule has 4 rings (SSSR count). The Kier molecular flexibility index (Phi) is 3.78. The highest BCUT2D eigenvalue weighted by molar-refractivity contribution is 5.89. The normalized spacial score (nSPS) is 10.8. The third-order valence-electron chi connectivity index (χ3n) is 4.00. The fraction of sp³-hybridized carbons (Fsp3) is 0.105. The number of anilines is 2. The van der Waals surface area contributed by atoms with Crippen molar-refractivity contribution >= 4 is 22.5 Å². The molecule has 6 nitrogen and oxygen atoms in total. The zero-order chi connectivity index (χ0) is 17.2. The molecule has 25 heavy (non-hydrogen) atoms. The van der Waals surface area contributed by atoms with Gasteiger partial charge in [0.15, 0.2) is 5.65 Å². The van der Waals surface area contributed by atoms with Crippen molar-refractivity contribution in [3.05, 3.63) is 66.6 Å². The van der Waals surface area contributed by atoms with Crippen LogP contribution in [0.15, 0.2) is 61.1 Å². The second-order valence-corrected chi connectivity index (χ2v) is 5.70. The number of aromatic nitrogens is 4. The topological polar surface area (TPSA) is 64.9 Å². The third kappa shape index (κ3) is 2.89. The fourth-order valence-electron chi connectivity index (χ4n) is 2.63. The molecule has 0 amide bonds. The van der Waals surface area contributed by atoms with Crippen LogP contribution < -0.4 is 10.1 Å². The summed E-state index contributed by atoms with van der Waals surface area (Å²) < 4.78 is 7.00. The molecule has 0 fully saturated rings. The number of methoxy groups -OCH3 is 1. The van der Waals surface area contributed by atoms with Gasteiger partial charge < -0.3 is 10.1 Å². The summed E-state index contributed by atoms with van der Waals surface area (Å²) in [7, 11) is 1.65. The second kappa shape index (κ2) is 6.24. The monoisotopic (exact) mass is 331 g/mol. The fourth-order valence-corrected chi connectivity index (χ4v) is 2.63. The van der Waals surface area contributed by atoms with E-state index in [0.717, 1.165) is 28.2 Å². The molecule has 0 aliphatic heterocycles. The number of benzene rings is 2. The Labute approximate surface area is 145 Å². The lowest BCUT2D eigenvalue weighted by atomic mass is 10.2. The van der Waals surface area contributed by atoms with Crippen LogP contribution in [-0.4, -0.2) is 26.9 Å². The van der Waals surface area contributed by atoms with E-state index in [1.807, 2.05) is 41.1 Å². The van der Waals surface area contributed by atoms with E-state index >= 15 is 0 Å². The summed E-state index contributed by atoms with van der Waals surface area (Å²) in [6, 6.07) is 15.9. The predicted octanol–water partition coefficient (Wildman–Crippen LogP) is 3.88. The van der Waals surface area contributed by atoms with E-state index in [1.165, 1.54) is 5.56 Å². The van der Waals surface area contributed by atoms with Crippen LogP contribution in [0, 0.1) is 6.92 Å². The number of hydrogen-bond acceptors (Lipinski definition) is 5. The first kappa shape index (κ1) is 15.1. The van der Waals surface area contributed by atoms with E-state index in [2.05, 4.69) is 39.4 Å². The molecule has 0 saturated carbocycles. The first-order valence-corrected chi connectivity index (χ1v) is 7.91. The molecule has 2 aromatic carbocycles. The molecule has 1 N–H and O–H groups in total. The van der Waals surface area contributed by atoms with Gasteiger partial charge in [0, 0.05) is 5.69 Å². The Balaban J connectivity index is 1.72. The van der Waals surface area contributed by atoms with Crippen molar-refractivity contribution in [1.82, 2.24) is 19.7 Å². The average Bonchev–Trinajstić information content (AvgIpc) is 3.08. The molecule has 0 aliphatic carbocycles. The molecule has 0 bridgehead atoms. The number of ether oxygens (including phenoxy) is 1. The quantitative estimate of drug-likeness (QED) is 0.615. The lowest BCUT2D eigenvalue weighted by molar-refractivity contribution is 0.415. The van der Waals surface area contributed by atoms with Gasteiger partial charge in [-0.05, 0) is 43.3 Å². The minimum absolute atomic E-state index is 0.716. The van der Waals surface area contributed by atoms with E-state index in [1.54, 1.807) is 19.6 Å². The van der Waals surface area contributed by atoms with Crippen molar-refractivity contribution < 1.29 is 4.74 Å². The highest BCUT2D eigenvalue weighted by Gasteiger charge is 2.11. The van der Waals surface area contributed by atoms with Crippen molar-refractivity contribution in [2.24, 2.45) is 0 Å². The third-order valence-corrected chi connectivity index (χ3v) is 4.00. The lowest BCUT2D eigenvalue weighted by Crippen LogP contribution is -1.99. The van der Waals surface area contributed by atoms with Crippen LogP contribution in [0.4, 0.5) is 11.5 Å². The van der Waals surface area contributed by atoms with Crippen LogP contribution in [0.2, 0.25) is 0 Å². The standard InChI is InChI=1S/C19H17N5O/c1-13-3-7-15(8-4-13)24-19-17(11-22-24)18(20-12-21-19)23-14-5-9-16(25-2)10-6-14/h3-12H,1-2H3,(H,20,21,23). The molecule has 0 radical (unpaired) electrons. The van der Waals surface area contributed by atoms with Crippen molar-refractivity contribution in [1.29, 1.82) is 0 Å².